The molecule has 19 heavy (non-hydrogen) atoms. The molecule has 0 fully saturated rings. The van der Waals surface area contributed by atoms with Crippen LogP contribution in [0.5, 0.6) is 0 Å². The first-order chi connectivity index (χ1) is 9.24. The van der Waals surface area contributed by atoms with Crippen molar-refractivity contribution in [1.82, 2.24) is 5.32 Å². The number of thioether (sulfide) groups is 1. The van der Waals surface area contributed by atoms with Gasteiger partial charge < -0.3 is 9.73 Å². The number of furan rings is 1. The lowest BCUT2D eigenvalue weighted by Crippen LogP contribution is -2.35. The van der Waals surface area contributed by atoms with Crippen LogP contribution < -0.4 is 5.32 Å². The lowest BCUT2D eigenvalue weighted by Gasteiger charge is -2.12. The van der Waals surface area contributed by atoms with Crippen LogP contribution in [0.25, 0.3) is 0 Å². The van der Waals surface area contributed by atoms with Gasteiger partial charge in [0.05, 0.1) is 17.8 Å². The minimum Gasteiger partial charge on any atom is -0.468 e. The Labute approximate surface area is 121 Å². The van der Waals surface area contributed by atoms with Crippen molar-refractivity contribution in [2.45, 2.75) is 25.1 Å². The molecule has 0 aliphatic heterocycles. The monoisotopic (exact) mass is 295 g/mol. The van der Waals surface area contributed by atoms with E-state index in [0.717, 1.165) is 17.9 Å². The lowest BCUT2D eigenvalue weighted by molar-refractivity contribution is -0.119. The molecule has 2 rings (SSSR count). The molecule has 0 aliphatic carbocycles. The summed E-state index contributed by atoms with van der Waals surface area (Å²) >= 11 is 3.29. The normalized spacial score (nSPS) is 12.3. The molecule has 0 aromatic carbocycles. The zero-order valence-electron chi connectivity index (χ0n) is 10.8. The number of carbonyl (C=O) groups is 1. The SMILES string of the molecule is CC(Cc1cccs1)NC(=O)CSCc1ccco1. The van der Waals surface area contributed by atoms with E-state index in [0.29, 0.717) is 5.75 Å². The van der Waals surface area contributed by atoms with E-state index in [1.807, 2.05) is 25.1 Å². The lowest BCUT2D eigenvalue weighted by atomic mass is 10.2. The largest absolute Gasteiger partial charge is 0.468 e. The smallest absolute Gasteiger partial charge is 0.230 e. The fraction of sp³-hybridized carbons (Fsp3) is 0.357. The van der Waals surface area contributed by atoms with Gasteiger partial charge in [-0.05, 0) is 30.5 Å². The van der Waals surface area contributed by atoms with Crippen LogP contribution in [0.1, 0.15) is 17.6 Å². The molecule has 1 atom stereocenters. The molecule has 2 heterocycles. The van der Waals surface area contributed by atoms with Gasteiger partial charge in [0.2, 0.25) is 5.91 Å². The van der Waals surface area contributed by atoms with E-state index in [4.69, 9.17) is 4.42 Å². The fourth-order valence-corrected chi connectivity index (χ4v) is 3.31. The van der Waals surface area contributed by atoms with Crippen molar-refractivity contribution in [3.05, 3.63) is 46.5 Å². The van der Waals surface area contributed by atoms with E-state index in [1.165, 1.54) is 4.88 Å². The standard InChI is InChI=1S/C14H17NO2S2/c1-11(8-13-5-3-7-19-13)15-14(16)10-18-9-12-4-2-6-17-12/h2-7,11H,8-10H2,1H3,(H,15,16). The predicted molar refractivity (Wildman–Crippen MR) is 80.5 cm³/mol. The van der Waals surface area contributed by atoms with E-state index in [2.05, 4.69) is 16.8 Å². The molecule has 0 spiro atoms. The average molecular weight is 295 g/mol. The van der Waals surface area contributed by atoms with Gasteiger partial charge in [0, 0.05) is 17.3 Å². The number of hydrogen-bond donors (Lipinski definition) is 1. The van der Waals surface area contributed by atoms with Crippen molar-refractivity contribution in [2.24, 2.45) is 0 Å². The molecule has 2 aromatic rings. The van der Waals surface area contributed by atoms with Crippen LogP contribution in [0.4, 0.5) is 0 Å². The second-order valence-corrected chi connectivity index (χ2v) is 6.34. The summed E-state index contributed by atoms with van der Waals surface area (Å²) in [5.74, 6) is 2.19. The molecule has 0 radical (unpaired) electrons. The Balaban J connectivity index is 1.63. The van der Waals surface area contributed by atoms with Crippen LogP contribution in [-0.4, -0.2) is 17.7 Å². The Morgan fingerprint density at radius 3 is 3.05 bits per heavy atom. The summed E-state index contributed by atoms with van der Waals surface area (Å²) in [5, 5.41) is 5.07. The van der Waals surface area contributed by atoms with Crippen LogP contribution in [0.3, 0.4) is 0 Å². The van der Waals surface area contributed by atoms with E-state index in [9.17, 15) is 4.79 Å². The Kier molecular flexibility index (Phi) is 5.54. The summed E-state index contributed by atoms with van der Waals surface area (Å²) in [7, 11) is 0. The van der Waals surface area contributed by atoms with Gasteiger partial charge in [0.1, 0.15) is 5.76 Å². The third kappa shape index (κ3) is 5.12. The number of amides is 1. The predicted octanol–water partition coefficient (Wildman–Crippen LogP) is 3.32. The van der Waals surface area contributed by atoms with Gasteiger partial charge in [0.15, 0.2) is 0 Å². The maximum Gasteiger partial charge on any atom is 0.230 e. The molecule has 1 N–H and O–H groups in total. The zero-order chi connectivity index (χ0) is 13.5. The summed E-state index contributed by atoms with van der Waals surface area (Å²) < 4.78 is 5.22. The number of hydrogen-bond acceptors (Lipinski definition) is 4. The quantitative estimate of drug-likeness (QED) is 0.852. The first-order valence-corrected chi connectivity index (χ1v) is 8.19. The van der Waals surface area contributed by atoms with Crippen molar-refractivity contribution >= 4 is 29.0 Å². The first-order valence-electron chi connectivity index (χ1n) is 6.16. The molecule has 2 aromatic heterocycles. The molecule has 5 heteroatoms. The van der Waals surface area contributed by atoms with E-state index >= 15 is 0 Å². The summed E-state index contributed by atoms with van der Waals surface area (Å²) in [5.41, 5.74) is 0. The molecule has 0 saturated heterocycles. The van der Waals surface area contributed by atoms with Crippen LogP contribution in [0.15, 0.2) is 40.3 Å². The molecule has 0 aliphatic rings. The molecule has 3 nitrogen and oxygen atoms in total. The Bertz CT molecular complexity index is 480. The molecule has 0 bridgehead atoms. The van der Waals surface area contributed by atoms with Crippen LogP contribution >= 0.6 is 23.1 Å². The van der Waals surface area contributed by atoms with Gasteiger partial charge >= 0.3 is 0 Å². The third-order valence-electron chi connectivity index (χ3n) is 2.55. The van der Waals surface area contributed by atoms with Crippen LogP contribution in [-0.2, 0) is 17.0 Å². The highest BCUT2D eigenvalue weighted by Crippen LogP contribution is 2.13. The highest BCUT2D eigenvalue weighted by Gasteiger charge is 2.09. The summed E-state index contributed by atoms with van der Waals surface area (Å²) in [4.78, 5) is 13.1. The molecule has 102 valence electrons. The van der Waals surface area contributed by atoms with E-state index in [-0.39, 0.29) is 11.9 Å². The van der Waals surface area contributed by atoms with Gasteiger partial charge in [0.25, 0.3) is 0 Å². The Morgan fingerprint density at radius 2 is 2.37 bits per heavy atom. The van der Waals surface area contributed by atoms with Gasteiger partial charge in [-0.2, -0.15) is 0 Å². The molecule has 0 saturated carbocycles. The number of thiophene rings is 1. The first kappa shape index (κ1) is 14.2. The van der Waals surface area contributed by atoms with Crippen LogP contribution in [0, 0.1) is 0 Å². The topological polar surface area (TPSA) is 42.2 Å². The second-order valence-electron chi connectivity index (χ2n) is 4.32. The average Bonchev–Trinajstić information content (AvgIpc) is 3.01. The minimum atomic E-state index is 0.0839. The molecular formula is C14H17NO2S2. The van der Waals surface area contributed by atoms with Gasteiger partial charge in [-0.15, -0.1) is 23.1 Å². The fourth-order valence-electron chi connectivity index (χ4n) is 1.74. The van der Waals surface area contributed by atoms with Crippen molar-refractivity contribution < 1.29 is 9.21 Å². The van der Waals surface area contributed by atoms with E-state index in [1.54, 1.807) is 29.4 Å². The van der Waals surface area contributed by atoms with E-state index < -0.39 is 0 Å². The van der Waals surface area contributed by atoms with Crippen molar-refractivity contribution in [2.75, 3.05) is 5.75 Å². The molecule has 1 unspecified atom stereocenters. The molecular weight excluding hydrogens is 278 g/mol. The van der Waals surface area contributed by atoms with Crippen molar-refractivity contribution in [3.63, 3.8) is 0 Å². The highest BCUT2D eigenvalue weighted by molar-refractivity contribution is 7.99. The van der Waals surface area contributed by atoms with Crippen molar-refractivity contribution in [1.29, 1.82) is 0 Å². The second kappa shape index (κ2) is 7.40. The number of nitrogens with one attached hydrogen (secondary N) is 1. The number of carbonyl (C=O) groups excluding carboxylic acids is 1. The van der Waals surface area contributed by atoms with Crippen molar-refractivity contribution in [3.8, 4) is 0 Å². The third-order valence-corrected chi connectivity index (χ3v) is 4.41. The number of rotatable bonds is 7. The summed E-state index contributed by atoms with van der Waals surface area (Å²) in [6, 6.07) is 8.09. The zero-order valence-corrected chi connectivity index (χ0v) is 12.4. The Hall–Kier alpha value is -1.20. The van der Waals surface area contributed by atoms with Gasteiger partial charge in [-0.3, -0.25) is 4.79 Å². The van der Waals surface area contributed by atoms with Gasteiger partial charge in [-0.1, -0.05) is 6.07 Å². The summed E-state index contributed by atoms with van der Waals surface area (Å²) in [6.07, 6.45) is 2.55. The molecule has 1 amide bonds. The van der Waals surface area contributed by atoms with Crippen LogP contribution in [0.2, 0.25) is 0 Å². The Morgan fingerprint density at radius 1 is 1.47 bits per heavy atom. The summed E-state index contributed by atoms with van der Waals surface area (Å²) in [6.45, 7) is 2.04. The minimum absolute atomic E-state index is 0.0839. The van der Waals surface area contributed by atoms with Gasteiger partial charge in [-0.25, -0.2) is 0 Å². The maximum atomic E-state index is 11.8. The highest BCUT2D eigenvalue weighted by atomic mass is 32.2. The maximum absolute atomic E-state index is 11.8.